The molecule has 0 amide bonds. The molecule has 114 valence electrons. The van der Waals surface area contributed by atoms with Gasteiger partial charge in [0.2, 0.25) is 0 Å². The fraction of sp³-hybridized carbons (Fsp3) is 0.500. The molecular formula is C12H19NO5S2. The van der Waals surface area contributed by atoms with Gasteiger partial charge in [0.25, 0.3) is 0 Å². The van der Waals surface area contributed by atoms with E-state index in [1.54, 1.807) is 24.3 Å². The number of nitrogens with two attached hydrogens (primary N) is 1. The lowest BCUT2D eigenvalue weighted by atomic mass is 10.1. The van der Waals surface area contributed by atoms with Crippen molar-refractivity contribution >= 4 is 19.7 Å². The van der Waals surface area contributed by atoms with Crippen molar-refractivity contribution < 1.29 is 21.6 Å². The van der Waals surface area contributed by atoms with Gasteiger partial charge in [0.1, 0.15) is 15.6 Å². The summed E-state index contributed by atoms with van der Waals surface area (Å²) in [4.78, 5) is 0. The zero-order valence-corrected chi connectivity index (χ0v) is 13.1. The van der Waals surface area contributed by atoms with Crippen LogP contribution in [0.15, 0.2) is 24.3 Å². The van der Waals surface area contributed by atoms with Gasteiger partial charge in [0.05, 0.1) is 24.4 Å². The van der Waals surface area contributed by atoms with E-state index in [1.165, 1.54) is 7.11 Å². The van der Waals surface area contributed by atoms with Gasteiger partial charge in [0.15, 0.2) is 9.84 Å². The van der Waals surface area contributed by atoms with E-state index in [9.17, 15) is 16.8 Å². The Balaban J connectivity index is 2.70. The number of hydrogen-bond acceptors (Lipinski definition) is 6. The van der Waals surface area contributed by atoms with Crippen LogP contribution in [-0.4, -0.2) is 47.5 Å². The number of benzene rings is 1. The molecule has 0 saturated heterocycles. The first kappa shape index (κ1) is 16.9. The molecule has 1 aromatic carbocycles. The smallest absolute Gasteiger partial charge is 0.153 e. The quantitative estimate of drug-likeness (QED) is 0.767. The van der Waals surface area contributed by atoms with Crippen LogP contribution in [0, 0.1) is 0 Å². The summed E-state index contributed by atoms with van der Waals surface area (Å²) in [6.07, 6.45) is 1.01. The first-order valence-corrected chi connectivity index (χ1v) is 9.79. The van der Waals surface area contributed by atoms with Crippen molar-refractivity contribution in [2.75, 3.05) is 30.6 Å². The molecule has 0 spiro atoms. The fourth-order valence-corrected chi connectivity index (χ4v) is 4.72. The van der Waals surface area contributed by atoms with Gasteiger partial charge < -0.3 is 10.5 Å². The molecule has 0 aliphatic carbocycles. The number of hydrogen-bond donors (Lipinski definition) is 1. The van der Waals surface area contributed by atoms with Gasteiger partial charge in [0, 0.05) is 12.3 Å². The topological polar surface area (TPSA) is 104 Å². The van der Waals surface area contributed by atoms with Gasteiger partial charge in [-0.15, -0.1) is 0 Å². The highest BCUT2D eigenvalue weighted by Gasteiger charge is 2.19. The van der Waals surface area contributed by atoms with Gasteiger partial charge in [-0.05, 0) is 17.7 Å². The average molecular weight is 321 g/mol. The first-order chi connectivity index (χ1) is 9.13. The summed E-state index contributed by atoms with van der Waals surface area (Å²) in [5, 5.41) is 0. The summed E-state index contributed by atoms with van der Waals surface area (Å²) < 4.78 is 50.6. The first-order valence-electron chi connectivity index (χ1n) is 5.90. The second-order valence-corrected chi connectivity index (χ2v) is 9.11. The molecule has 0 aliphatic heterocycles. The van der Waals surface area contributed by atoms with E-state index in [0.29, 0.717) is 11.3 Å². The minimum atomic E-state index is -3.51. The van der Waals surface area contributed by atoms with Gasteiger partial charge in [-0.3, -0.25) is 0 Å². The lowest BCUT2D eigenvalue weighted by Crippen LogP contribution is -2.26. The molecule has 0 radical (unpaired) electrons. The van der Waals surface area contributed by atoms with Crippen molar-refractivity contribution in [1.82, 2.24) is 0 Å². The van der Waals surface area contributed by atoms with E-state index in [1.807, 2.05) is 0 Å². The molecule has 8 heteroatoms. The minimum Gasteiger partial charge on any atom is -0.497 e. The van der Waals surface area contributed by atoms with Gasteiger partial charge >= 0.3 is 0 Å². The Kier molecular flexibility index (Phi) is 5.55. The van der Waals surface area contributed by atoms with E-state index >= 15 is 0 Å². The summed E-state index contributed by atoms with van der Waals surface area (Å²) >= 11 is 0. The summed E-state index contributed by atoms with van der Waals surface area (Å²) in [7, 11) is -5.28. The Bertz CT molecular complexity index is 635. The lowest BCUT2D eigenvalue weighted by Gasteiger charge is -2.13. The maximum Gasteiger partial charge on any atom is 0.153 e. The van der Waals surface area contributed by atoms with Crippen molar-refractivity contribution in [1.29, 1.82) is 0 Å². The number of rotatable bonds is 7. The van der Waals surface area contributed by atoms with Crippen molar-refractivity contribution in [2.45, 2.75) is 6.04 Å². The van der Waals surface area contributed by atoms with Crippen LogP contribution < -0.4 is 10.5 Å². The van der Waals surface area contributed by atoms with E-state index in [4.69, 9.17) is 10.5 Å². The Morgan fingerprint density at radius 1 is 1.10 bits per heavy atom. The molecule has 1 aromatic rings. The Morgan fingerprint density at radius 2 is 1.65 bits per heavy atom. The van der Waals surface area contributed by atoms with Gasteiger partial charge in [-0.2, -0.15) is 0 Å². The third kappa shape index (κ3) is 5.89. The minimum absolute atomic E-state index is 0.283. The average Bonchev–Trinajstić information content (AvgIpc) is 2.35. The number of ether oxygens (including phenoxy) is 1. The molecule has 1 atom stereocenters. The van der Waals surface area contributed by atoms with Crippen molar-refractivity contribution in [2.24, 2.45) is 5.73 Å². The second-order valence-electron chi connectivity index (χ2n) is 4.62. The largest absolute Gasteiger partial charge is 0.497 e. The molecule has 1 unspecified atom stereocenters. The standard InChI is InChI=1S/C12H19NO5S2/c1-18-11-5-3-10(4-6-11)12(13)9-20(16,17)8-7-19(2,14)15/h3-6,12H,7-9,13H2,1-2H3. The van der Waals surface area contributed by atoms with Crippen molar-refractivity contribution in [3.63, 3.8) is 0 Å². The van der Waals surface area contributed by atoms with Crippen LogP contribution in [0.5, 0.6) is 5.75 Å². The molecule has 1 rings (SSSR count). The van der Waals surface area contributed by atoms with Gasteiger partial charge in [-0.25, -0.2) is 16.8 Å². The molecule has 0 bridgehead atoms. The van der Waals surface area contributed by atoms with Gasteiger partial charge in [-0.1, -0.05) is 12.1 Å². The molecule has 0 fully saturated rings. The van der Waals surface area contributed by atoms with Crippen molar-refractivity contribution in [3.05, 3.63) is 29.8 Å². The molecule has 0 aromatic heterocycles. The predicted octanol–water partition coefficient (Wildman–Crippen LogP) is 0.154. The summed E-state index contributed by atoms with van der Waals surface area (Å²) in [6, 6.07) is 6.08. The number of methoxy groups -OCH3 is 1. The highest BCUT2D eigenvalue weighted by molar-refractivity contribution is 7.94. The predicted molar refractivity (Wildman–Crippen MR) is 78.3 cm³/mol. The van der Waals surface area contributed by atoms with Crippen LogP contribution in [0.25, 0.3) is 0 Å². The van der Waals surface area contributed by atoms with Crippen LogP contribution in [0.4, 0.5) is 0 Å². The zero-order chi connectivity index (χ0) is 15.4. The summed E-state index contributed by atoms with van der Waals surface area (Å²) in [6.45, 7) is 0. The normalized spacial score (nSPS) is 13.9. The molecule has 20 heavy (non-hydrogen) atoms. The Morgan fingerprint density at radius 3 is 2.10 bits per heavy atom. The molecule has 2 N–H and O–H groups in total. The van der Waals surface area contributed by atoms with Crippen LogP contribution in [0.3, 0.4) is 0 Å². The fourth-order valence-electron chi connectivity index (χ4n) is 1.58. The third-order valence-corrected chi connectivity index (χ3v) is 5.64. The van der Waals surface area contributed by atoms with E-state index in [0.717, 1.165) is 6.26 Å². The molecule has 0 aliphatic rings. The highest BCUT2D eigenvalue weighted by atomic mass is 32.2. The molecule has 0 saturated carbocycles. The lowest BCUT2D eigenvalue weighted by molar-refractivity contribution is 0.414. The highest BCUT2D eigenvalue weighted by Crippen LogP contribution is 2.17. The summed E-state index contributed by atoms with van der Waals surface area (Å²) in [5.41, 5.74) is 6.50. The van der Waals surface area contributed by atoms with Crippen molar-refractivity contribution in [3.8, 4) is 5.75 Å². The van der Waals surface area contributed by atoms with E-state index < -0.39 is 31.5 Å². The molecule has 6 nitrogen and oxygen atoms in total. The van der Waals surface area contributed by atoms with E-state index in [-0.39, 0.29) is 11.5 Å². The van der Waals surface area contributed by atoms with Crippen LogP contribution in [0.2, 0.25) is 0 Å². The maximum atomic E-state index is 11.8. The summed E-state index contributed by atoms with van der Waals surface area (Å²) in [5.74, 6) is -0.421. The van der Waals surface area contributed by atoms with E-state index in [2.05, 4.69) is 0 Å². The van der Waals surface area contributed by atoms with Crippen LogP contribution in [0.1, 0.15) is 11.6 Å². The Labute approximate surface area is 119 Å². The Hall–Kier alpha value is -1.12. The maximum absolute atomic E-state index is 11.8. The van der Waals surface area contributed by atoms with Crippen LogP contribution >= 0.6 is 0 Å². The second kappa shape index (κ2) is 6.55. The van der Waals surface area contributed by atoms with Crippen LogP contribution in [-0.2, 0) is 19.7 Å². The zero-order valence-electron chi connectivity index (χ0n) is 11.4. The monoisotopic (exact) mass is 321 g/mol. The third-order valence-electron chi connectivity index (χ3n) is 2.74. The molecular weight excluding hydrogens is 302 g/mol. The number of sulfone groups is 2. The molecule has 0 heterocycles. The SMILES string of the molecule is COc1ccc(C(N)CS(=O)(=O)CCS(C)(=O)=O)cc1.